The van der Waals surface area contributed by atoms with Gasteiger partial charge in [-0.2, -0.15) is 0 Å². The predicted molar refractivity (Wildman–Crippen MR) is 172 cm³/mol. The molecule has 0 amide bonds. The second kappa shape index (κ2) is 8.82. The van der Waals surface area contributed by atoms with Crippen LogP contribution in [0, 0.1) is 16.7 Å². The van der Waals surface area contributed by atoms with Crippen LogP contribution < -0.4 is 0 Å². The molecular weight excluding hydrogens is 480 g/mol. The van der Waals surface area contributed by atoms with Crippen molar-refractivity contribution in [3.63, 3.8) is 0 Å². The molecule has 3 atom stereocenters. The van der Waals surface area contributed by atoms with Crippen molar-refractivity contribution < 1.29 is 0 Å². The van der Waals surface area contributed by atoms with Gasteiger partial charge in [0.25, 0.3) is 0 Å². The summed E-state index contributed by atoms with van der Waals surface area (Å²) in [6.45, 7) is 23.7. The van der Waals surface area contributed by atoms with Crippen LogP contribution in [0.5, 0.6) is 0 Å². The third-order valence-electron chi connectivity index (χ3n) is 10.3. The van der Waals surface area contributed by atoms with Crippen molar-refractivity contribution in [1.29, 1.82) is 0 Å². The summed E-state index contributed by atoms with van der Waals surface area (Å²) in [5, 5.41) is 0. The van der Waals surface area contributed by atoms with Crippen molar-refractivity contribution in [3.05, 3.63) is 118 Å². The molecule has 3 aromatic rings. The Morgan fingerprint density at radius 1 is 0.650 bits per heavy atom. The lowest BCUT2D eigenvalue weighted by atomic mass is 9.65. The number of benzene rings is 3. The van der Waals surface area contributed by atoms with Crippen molar-refractivity contribution in [1.82, 2.24) is 0 Å². The van der Waals surface area contributed by atoms with E-state index >= 15 is 0 Å². The summed E-state index contributed by atoms with van der Waals surface area (Å²) in [5.41, 5.74) is 13.9. The van der Waals surface area contributed by atoms with Crippen LogP contribution in [0.3, 0.4) is 0 Å². The minimum absolute atomic E-state index is 0.0891. The summed E-state index contributed by atoms with van der Waals surface area (Å²) in [5.74, 6) is 1.28. The van der Waals surface area contributed by atoms with Gasteiger partial charge in [0.1, 0.15) is 0 Å². The quantitative estimate of drug-likeness (QED) is 0.310. The van der Waals surface area contributed by atoms with Gasteiger partial charge < -0.3 is 0 Å². The highest BCUT2D eigenvalue weighted by Crippen LogP contribution is 2.67. The van der Waals surface area contributed by atoms with Crippen molar-refractivity contribution >= 4 is 0 Å². The van der Waals surface area contributed by atoms with Gasteiger partial charge in [0.05, 0.1) is 0 Å². The molecule has 0 aliphatic heterocycles. The van der Waals surface area contributed by atoms with E-state index in [4.69, 9.17) is 0 Å². The maximum absolute atomic E-state index is 2.66. The number of allylic oxidation sites excluding steroid dienone is 4. The Hall–Kier alpha value is -2.86. The fraction of sp³-hybridized carbons (Fsp3) is 0.450. The van der Waals surface area contributed by atoms with Gasteiger partial charge in [-0.25, -0.2) is 0 Å². The van der Waals surface area contributed by atoms with Crippen molar-refractivity contribution in [2.24, 2.45) is 16.7 Å². The predicted octanol–water partition coefficient (Wildman–Crippen LogP) is 11.1. The lowest BCUT2D eigenvalue weighted by molar-refractivity contribution is 0.245. The SMILES string of the molecule is CC(C)(C)C1=CC2C(=C1)C(c1ccccc1)CC2(C)C1c2ccc(C(C)(C)C)cc2-c2cc(C(C)(C)C)ccc21. The van der Waals surface area contributed by atoms with Crippen LogP contribution in [-0.2, 0) is 10.8 Å². The maximum atomic E-state index is 2.66. The van der Waals surface area contributed by atoms with Crippen molar-refractivity contribution in [2.75, 3.05) is 0 Å². The molecule has 3 unspecified atom stereocenters. The molecule has 3 aliphatic rings. The fourth-order valence-electron chi connectivity index (χ4n) is 7.82. The molecule has 3 aliphatic carbocycles. The highest BCUT2D eigenvalue weighted by Gasteiger charge is 2.55. The molecule has 0 nitrogen and oxygen atoms in total. The Morgan fingerprint density at radius 2 is 1.18 bits per heavy atom. The van der Waals surface area contributed by atoms with Gasteiger partial charge in [-0.3, -0.25) is 0 Å². The van der Waals surface area contributed by atoms with E-state index < -0.39 is 0 Å². The first kappa shape index (κ1) is 27.3. The molecular formula is C40H48. The summed E-state index contributed by atoms with van der Waals surface area (Å²) < 4.78 is 0. The van der Waals surface area contributed by atoms with Gasteiger partial charge in [0.15, 0.2) is 0 Å². The molecule has 0 N–H and O–H groups in total. The highest BCUT2D eigenvalue weighted by molar-refractivity contribution is 5.81. The van der Waals surface area contributed by atoms with Gasteiger partial charge in [-0.05, 0) is 72.6 Å². The average Bonchev–Trinajstić information content (AvgIpc) is 3.53. The number of hydrogen-bond donors (Lipinski definition) is 0. The number of hydrogen-bond acceptors (Lipinski definition) is 0. The third-order valence-corrected chi connectivity index (χ3v) is 10.3. The summed E-state index contributed by atoms with van der Waals surface area (Å²) in [6.07, 6.45) is 6.41. The largest absolute Gasteiger partial charge is 0.0730 e. The van der Waals surface area contributed by atoms with Crippen LogP contribution >= 0.6 is 0 Å². The van der Waals surface area contributed by atoms with E-state index in [-0.39, 0.29) is 21.7 Å². The fourth-order valence-corrected chi connectivity index (χ4v) is 7.82. The van der Waals surface area contributed by atoms with E-state index in [1.807, 2.05) is 0 Å². The Labute approximate surface area is 243 Å². The molecule has 6 rings (SSSR count). The minimum Gasteiger partial charge on any atom is -0.0730 e. The van der Waals surface area contributed by atoms with Crippen molar-refractivity contribution in [2.45, 2.75) is 98.3 Å². The molecule has 0 heteroatoms. The molecule has 0 radical (unpaired) electrons. The van der Waals surface area contributed by atoms with E-state index in [1.54, 1.807) is 5.57 Å². The Morgan fingerprint density at radius 3 is 1.65 bits per heavy atom. The standard InChI is InChI=1S/C40H48/c1-37(2,3)26-16-18-29-31(20-26)32-21-27(38(4,5)6)17-19-30(32)36(29)40(10)24-34(25-14-12-11-13-15-25)33-22-28(23-35(33)40)39(7,8)9/h11-23,34-36H,24H2,1-10H3. The van der Waals surface area contributed by atoms with Crippen LogP contribution in [0.15, 0.2) is 90.0 Å². The molecule has 0 spiro atoms. The first-order chi connectivity index (χ1) is 18.6. The maximum Gasteiger partial charge on any atom is 0.0164 e. The lowest BCUT2D eigenvalue weighted by Gasteiger charge is -2.38. The molecule has 40 heavy (non-hydrogen) atoms. The first-order valence-corrected chi connectivity index (χ1v) is 15.4. The summed E-state index contributed by atoms with van der Waals surface area (Å²) in [6, 6.07) is 26.2. The Kier molecular flexibility index (Phi) is 6.02. The topological polar surface area (TPSA) is 0 Å². The third kappa shape index (κ3) is 4.25. The molecule has 0 heterocycles. The van der Waals surface area contributed by atoms with Gasteiger partial charge in [0.2, 0.25) is 0 Å². The minimum atomic E-state index is 0.0891. The zero-order valence-corrected chi connectivity index (χ0v) is 26.4. The van der Waals surface area contributed by atoms with Gasteiger partial charge in [-0.1, -0.05) is 154 Å². The summed E-state index contributed by atoms with van der Waals surface area (Å²) >= 11 is 0. The molecule has 1 saturated carbocycles. The lowest BCUT2D eigenvalue weighted by Crippen LogP contribution is -2.29. The second-order valence-electron chi connectivity index (χ2n) is 16.2. The van der Waals surface area contributed by atoms with Crippen LogP contribution in [0.4, 0.5) is 0 Å². The summed E-state index contributed by atoms with van der Waals surface area (Å²) in [4.78, 5) is 0. The Balaban J connectivity index is 1.57. The van der Waals surface area contributed by atoms with E-state index in [2.05, 4.69) is 148 Å². The highest BCUT2D eigenvalue weighted by atomic mass is 14.6. The van der Waals surface area contributed by atoms with E-state index in [0.29, 0.717) is 17.8 Å². The Bertz CT molecular complexity index is 1460. The molecule has 208 valence electrons. The van der Waals surface area contributed by atoms with Gasteiger partial charge >= 0.3 is 0 Å². The zero-order chi connectivity index (χ0) is 28.8. The van der Waals surface area contributed by atoms with E-state index in [9.17, 15) is 0 Å². The molecule has 1 fully saturated rings. The van der Waals surface area contributed by atoms with Crippen LogP contribution in [0.25, 0.3) is 11.1 Å². The van der Waals surface area contributed by atoms with Crippen LogP contribution in [-0.4, -0.2) is 0 Å². The molecule has 0 saturated heterocycles. The zero-order valence-electron chi connectivity index (χ0n) is 26.4. The average molecular weight is 529 g/mol. The molecule has 0 aromatic heterocycles. The van der Waals surface area contributed by atoms with E-state index in [0.717, 1.165) is 0 Å². The number of fused-ring (bicyclic) bond motifs is 4. The first-order valence-electron chi connectivity index (χ1n) is 15.4. The smallest absolute Gasteiger partial charge is 0.0164 e. The summed E-state index contributed by atoms with van der Waals surface area (Å²) in [7, 11) is 0. The molecule has 3 aromatic carbocycles. The normalized spacial score (nSPS) is 24.4. The van der Waals surface area contributed by atoms with E-state index in [1.165, 1.54) is 50.9 Å². The number of rotatable bonds is 2. The molecule has 0 bridgehead atoms. The monoisotopic (exact) mass is 528 g/mol. The van der Waals surface area contributed by atoms with Crippen LogP contribution in [0.2, 0.25) is 0 Å². The van der Waals surface area contributed by atoms with Crippen LogP contribution in [0.1, 0.15) is 115 Å². The second-order valence-corrected chi connectivity index (χ2v) is 16.2. The van der Waals surface area contributed by atoms with Crippen molar-refractivity contribution in [3.8, 4) is 11.1 Å². The van der Waals surface area contributed by atoms with Gasteiger partial charge in [-0.15, -0.1) is 0 Å². The van der Waals surface area contributed by atoms with Gasteiger partial charge in [0, 0.05) is 17.8 Å².